The summed E-state index contributed by atoms with van der Waals surface area (Å²) in [5.41, 5.74) is 5.29. The van der Waals surface area contributed by atoms with Crippen LogP contribution >= 0.6 is 0 Å². The third kappa shape index (κ3) is 2.44. The smallest absolute Gasteiger partial charge is 0.268 e. The van der Waals surface area contributed by atoms with Gasteiger partial charge in [0.05, 0.1) is 0 Å². The van der Waals surface area contributed by atoms with E-state index in [-0.39, 0.29) is 5.69 Å². The number of aromatic nitrogens is 1. The van der Waals surface area contributed by atoms with Crippen molar-refractivity contribution in [1.82, 2.24) is 10.3 Å². The van der Waals surface area contributed by atoms with Gasteiger partial charge in [0, 0.05) is 18.7 Å². The molecule has 0 spiro atoms. The van der Waals surface area contributed by atoms with Gasteiger partial charge < -0.3 is 16.4 Å². The quantitative estimate of drug-likeness (QED) is 0.636. The van der Waals surface area contributed by atoms with Crippen LogP contribution in [-0.2, 0) is 0 Å². The highest BCUT2D eigenvalue weighted by Gasteiger charge is 2.14. The number of hydrogen-bond acceptors (Lipinski definition) is 4. The molecule has 1 unspecified atom stereocenters. The van der Waals surface area contributed by atoms with E-state index in [1.807, 2.05) is 0 Å². The molecule has 0 aromatic carbocycles. The summed E-state index contributed by atoms with van der Waals surface area (Å²) >= 11 is 0. The number of anilines is 1. The molecule has 1 radical (unpaired) electrons. The largest absolute Gasteiger partial charge is 0.366 e. The summed E-state index contributed by atoms with van der Waals surface area (Å²) in [6, 6.07) is 6.50. The maximum absolute atomic E-state index is 10.9. The van der Waals surface area contributed by atoms with Crippen molar-refractivity contribution in [3.63, 3.8) is 0 Å². The Morgan fingerprint density at radius 3 is 3.27 bits per heavy atom. The van der Waals surface area contributed by atoms with Gasteiger partial charge in [-0.25, -0.2) is 4.98 Å². The zero-order chi connectivity index (χ0) is 10.7. The first kappa shape index (κ1) is 9.92. The number of rotatable bonds is 3. The molecule has 1 amide bonds. The van der Waals surface area contributed by atoms with Crippen LogP contribution in [0, 0.1) is 6.07 Å². The molecule has 15 heavy (non-hydrogen) atoms. The van der Waals surface area contributed by atoms with E-state index in [1.54, 1.807) is 12.1 Å². The molecule has 1 aromatic rings. The summed E-state index contributed by atoms with van der Waals surface area (Å²) in [5, 5.41) is 6.47. The van der Waals surface area contributed by atoms with Crippen molar-refractivity contribution >= 4 is 11.7 Å². The van der Waals surface area contributed by atoms with E-state index in [4.69, 9.17) is 5.73 Å². The lowest BCUT2D eigenvalue weighted by atomic mass is 10.2. The monoisotopic (exact) mass is 205 g/mol. The molecule has 1 atom stereocenters. The van der Waals surface area contributed by atoms with E-state index in [0.717, 1.165) is 19.5 Å². The second-order valence-electron chi connectivity index (χ2n) is 3.52. The molecule has 0 bridgehead atoms. The van der Waals surface area contributed by atoms with Crippen LogP contribution < -0.4 is 16.4 Å². The molecule has 5 heteroatoms. The molecule has 2 rings (SSSR count). The van der Waals surface area contributed by atoms with Gasteiger partial charge in [0.25, 0.3) is 5.91 Å². The van der Waals surface area contributed by atoms with Crippen LogP contribution in [0.15, 0.2) is 12.1 Å². The molecule has 79 valence electrons. The summed E-state index contributed by atoms with van der Waals surface area (Å²) in [6.07, 6.45) is 1.06. The average molecular weight is 205 g/mol. The molecule has 2 heterocycles. The Kier molecular flexibility index (Phi) is 2.82. The number of primary amides is 1. The van der Waals surface area contributed by atoms with E-state index in [9.17, 15) is 4.79 Å². The highest BCUT2D eigenvalue weighted by Crippen LogP contribution is 2.09. The van der Waals surface area contributed by atoms with Gasteiger partial charge in [0.2, 0.25) is 0 Å². The van der Waals surface area contributed by atoms with Gasteiger partial charge in [-0.05, 0) is 25.1 Å². The van der Waals surface area contributed by atoms with Crippen LogP contribution in [0.1, 0.15) is 16.9 Å². The highest BCUT2D eigenvalue weighted by molar-refractivity contribution is 5.90. The minimum atomic E-state index is -0.553. The third-order valence-electron chi connectivity index (χ3n) is 2.34. The maximum atomic E-state index is 10.9. The van der Waals surface area contributed by atoms with Crippen LogP contribution in [0.2, 0.25) is 0 Å². The topological polar surface area (TPSA) is 80.0 Å². The Balaban J connectivity index is 2.07. The lowest BCUT2D eigenvalue weighted by Gasteiger charge is -2.11. The molecule has 1 aliphatic rings. The molecule has 1 fully saturated rings. The SMILES string of the molecule is NC(=O)c1[c]ccc(NC2CCNC2)n1. The number of carbonyl (C=O) groups is 1. The van der Waals surface area contributed by atoms with Crippen LogP contribution in [0.5, 0.6) is 0 Å². The van der Waals surface area contributed by atoms with Crippen molar-refractivity contribution in [3.05, 3.63) is 23.9 Å². The van der Waals surface area contributed by atoms with Crippen molar-refractivity contribution in [3.8, 4) is 0 Å². The van der Waals surface area contributed by atoms with Crippen LogP contribution in [0.3, 0.4) is 0 Å². The van der Waals surface area contributed by atoms with Gasteiger partial charge in [-0.1, -0.05) is 0 Å². The number of amides is 1. The molecule has 1 aromatic heterocycles. The van der Waals surface area contributed by atoms with E-state index in [1.165, 1.54) is 0 Å². The van der Waals surface area contributed by atoms with Gasteiger partial charge in [0.1, 0.15) is 11.5 Å². The first-order chi connectivity index (χ1) is 7.25. The lowest BCUT2D eigenvalue weighted by Crippen LogP contribution is -2.23. The van der Waals surface area contributed by atoms with E-state index >= 15 is 0 Å². The zero-order valence-electron chi connectivity index (χ0n) is 8.29. The van der Waals surface area contributed by atoms with Crippen molar-refractivity contribution in [2.24, 2.45) is 5.73 Å². The minimum absolute atomic E-state index is 0.172. The fraction of sp³-hybridized carbons (Fsp3) is 0.400. The van der Waals surface area contributed by atoms with Gasteiger partial charge in [0.15, 0.2) is 0 Å². The fourth-order valence-corrected chi connectivity index (χ4v) is 1.58. The van der Waals surface area contributed by atoms with Gasteiger partial charge in [-0.2, -0.15) is 0 Å². The van der Waals surface area contributed by atoms with Crippen molar-refractivity contribution in [2.45, 2.75) is 12.5 Å². The molecular weight excluding hydrogens is 192 g/mol. The number of carbonyl (C=O) groups excluding carboxylic acids is 1. The van der Waals surface area contributed by atoms with Crippen molar-refractivity contribution in [1.29, 1.82) is 0 Å². The molecule has 0 aliphatic carbocycles. The maximum Gasteiger partial charge on any atom is 0.268 e. The van der Waals surface area contributed by atoms with E-state index in [2.05, 4.69) is 21.7 Å². The van der Waals surface area contributed by atoms with Gasteiger partial charge in [-0.15, -0.1) is 0 Å². The third-order valence-corrected chi connectivity index (χ3v) is 2.34. The van der Waals surface area contributed by atoms with Crippen LogP contribution in [-0.4, -0.2) is 30.0 Å². The van der Waals surface area contributed by atoms with Crippen LogP contribution in [0.25, 0.3) is 0 Å². The first-order valence-corrected chi connectivity index (χ1v) is 4.91. The lowest BCUT2D eigenvalue weighted by molar-refractivity contribution is 0.0995. The second kappa shape index (κ2) is 4.27. The van der Waals surface area contributed by atoms with Crippen LogP contribution in [0.4, 0.5) is 5.82 Å². The molecule has 5 nitrogen and oxygen atoms in total. The predicted octanol–water partition coefficient (Wildman–Crippen LogP) is -0.246. The number of pyridine rings is 1. The first-order valence-electron chi connectivity index (χ1n) is 4.91. The predicted molar refractivity (Wildman–Crippen MR) is 56.5 cm³/mol. The summed E-state index contributed by atoms with van der Waals surface area (Å²) in [5.74, 6) is 0.124. The summed E-state index contributed by atoms with van der Waals surface area (Å²) in [4.78, 5) is 14.9. The number of nitrogens with one attached hydrogen (secondary N) is 2. The van der Waals surface area contributed by atoms with Crippen molar-refractivity contribution in [2.75, 3.05) is 18.4 Å². The minimum Gasteiger partial charge on any atom is -0.366 e. The number of nitrogens with two attached hydrogens (primary N) is 1. The highest BCUT2D eigenvalue weighted by atomic mass is 16.1. The zero-order valence-corrected chi connectivity index (χ0v) is 8.29. The molecule has 1 saturated heterocycles. The normalized spacial score (nSPS) is 20.1. The Hall–Kier alpha value is -1.62. The molecular formula is C10H13N4O. The van der Waals surface area contributed by atoms with E-state index in [0.29, 0.717) is 11.9 Å². The Labute approximate surface area is 88.1 Å². The number of nitrogens with zero attached hydrogens (tertiary/aromatic N) is 1. The standard InChI is InChI=1S/C10H13N4O/c11-10(15)8-2-1-3-9(14-8)13-7-4-5-12-6-7/h1,3,7,12H,4-6H2,(H2,11,15)(H,13,14). The molecule has 4 N–H and O–H groups in total. The average Bonchev–Trinajstić information content (AvgIpc) is 2.71. The Morgan fingerprint density at radius 2 is 2.60 bits per heavy atom. The summed E-state index contributed by atoms with van der Waals surface area (Å²) in [7, 11) is 0. The fourth-order valence-electron chi connectivity index (χ4n) is 1.58. The van der Waals surface area contributed by atoms with Crippen molar-refractivity contribution < 1.29 is 4.79 Å². The Bertz CT molecular complexity index is 360. The summed E-state index contributed by atoms with van der Waals surface area (Å²) < 4.78 is 0. The second-order valence-corrected chi connectivity index (χ2v) is 3.52. The molecule has 0 saturated carbocycles. The summed E-state index contributed by atoms with van der Waals surface area (Å²) in [6.45, 7) is 1.94. The molecule has 1 aliphatic heterocycles. The van der Waals surface area contributed by atoms with Gasteiger partial charge >= 0.3 is 0 Å². The Morgan fingerprint density at radius 1 is 1.73 bits per heavy atom. The van der Waals surface area contributed by atoms with E-state index < -0.39 is 5.91 Å². The number of hydrogen-bond donors (Lipinski definition) is 3. The van der Waals surface area contributed by atoms with Gasteiger partial charge in [-0.3, -0.25) is 4.79 Å².